The SMILES string of the molecule is Cl.c1ccc(C2CC2NCCC2CCCCC2)cc1. The quantitative estimate of drug-likeness (QED) is 0.835. The summed E-state index contributed by atoms with van der Waals surface area (Å²) in [6, 6.07) is 11.7. The van der Waals surface area contributed by atoms with Gasteiger partial charge < -0.3 is 5.32 Å². The third-order valence-electron chi connectivity index (χ3n) is 4.70. The molecule has 0 amide bonds. The summed E-state index contributed by atoms with van der Waals surface area (Å²) < 4.78 is 0. The smallest absolute Gasteiger partial charge is 0.0143 e. The number of hydrogen-bond donors (Lipinski definition) is 1. The van der Waals surface area contributed by atoms with Crippen LogP contribution in [-0.4, -0.2) is 12.6 Å². The molecule has 1 aromatic rings. The van der Waals surface area contributed by atoms with Crippen LogP contribution >= 0.6 is 12.4 Å². The minimum atomic E-state index is 0. The molecule has 106 valence electrons. The normalized spacial score (nSPS) is 26.7. The molecule has 0 spiro atoms. The molecular weight excluding hydrogens is 254 g/mol. The first-order valence-corrected chi connectivity index (χ1v) is 7.72. The molecule has 0 aromatic heterocycles. The van der Waals surface area contributed by atoms with Gasteiger partial charge in [-0.05, 0) is 30.9 Å². The molecule has 2 saturated carbocycles. The fraction of sp³-hybridized carbons (Fsp3) is 0.647. The summed E-state index contributed by atoms with van der Waals surface area (Å²) in [6.45, 7) is 1.23. The summed E-state index contributed by atoms with van der Waals surface area (Å²) in [7, 11) is 0. The highest BCUT2D eigenvalue weighted by atomic mass is 35.5. The zero-order valence-corrected chi connectivity index (χ0v) is 12.5. The molecule has 0 aliphatic heterocycles. The van der Waals surface area contributed by atoms with Crippen molar-refractivity contribution in [2.75, 3.05) is 6.54 Å². The molecule has 2 aliphatic rings. The molecule has 2 heteroatoms. The Morgan fingerprint density at radius 2 is 1.74 bits per heavy atom. The summed E-state index contributed by atoms with van der Waals surface area (Å²) in [6.07, 6.45) is 10.1. The van der Waals surface area contributed by atoms with Crippen molar-refractivity contribution in [1.29, 1.82) is 0 Å². The minimum absolute atomic E-state index is 0. The summed E-state index contributed by atoms with van der Waals surface area (Å²) in [5, 5.41) is 3.75. The average Bonchev–Trinajstić information content (AvgIpc) is 3.21. The second kappa shape index (κ2) is 7.31. The Kier molecular flexibility index (Phi) is 5.72. The van der Waals surface area contributed by atoms with E-state index < -0.39 is 0 Å². The zero-order chi connectivity index (χ0) is 12.2. The molecule has 1 N–H and O–H groups in total. The van der Waals surface area contributed by atoms with Crippen LogP contribution < -0.4 is 5.32 Å². The van der Waals surface area contributed by atoms with Crippen molar-refractivity contribution in [2.24, 2.45) is 5.92 Å². The highest BCUT2D eigenvalue weighted by Crippen LogP contribution is 2.40. The summed E-state index contributed by atoms with van der Waals surface area (Å²) in [5.41, 5.74) is 1.52. The first-order chi connectivity index (χ1) is 8.93. The molecule has 0 bridgehead atoms. The van der Waals surface area contributed by atoms with Gasteiger partial charge in [-0.15, -0.1) is 12.4 Å². The lowest BCUT2D eigenvalue weighted by molar-refractivity contribution is 0.333. The molecule has 2 unspecified atom stereocenters. The lowest BCUT2D eigenvalue weighted by Gasteiger charge is -2.21. The third-order valence-corrected chi connectivity index (χ3v) is 4.70. The van der Waals surface area contributed by atoms with Gasteiger partial charge in [-0.25, -0.2) is 0 Å². The molecule has 19 heavy (non-hydrogen) atoms. The second-order valence-electron chi connectivity index (χ2n) is 6.11. The van der Waals surface area contributed by atoms with Crippen LogP contribution in [0.1, 0.15) is 56.4 Å². The Labute approximate surface area is 123 Å². The van der Waals surface area contributed by atoms with Crippen molar-refractivity contribution in [1.82, 2.24) is 5.32 Å². The Hall–Kier alpha value is -0.530. The van der Waals surface area contributed by atoms with E-state index in [4.69, 9.17) is 0 Å². The van der Waals surface area contributed by atoms with E-state index in [9.17, 15) is 0 Å². The molecule has 2 atom stereocenters. The Bertz CT molecular complexity index is 359. The number of nitrogens with one attached hydrogen (secondary N) is 1. The van der Waals surface area contributed by atoms with Gasteiger partial charge in [0, 0.05) is 12.0 Å². The molecule has 3 rings (SSSR count). The zero-order valence-electron chi connectivity index (χ0n) is 11.7. The van der Waals surface area contributed by atoms with Crippen LogP contribution in [0.4, 0.5) is 0 Å². The van der Waals surface area contributed by atoms with Gasteiger partial charge in [0.2, 0.25) is 0 Å². The van der Waals surface area contributed by atoms with Gasteiger partial charge in [-0.2, -0.15) is 0 Å². The number of halogens is 1. The lowest BCUT2D eigenvalue weighted by Crippen LogP contribution is -2.22. The molecule has 2 aliphatic carbocycles. The molecule has 0 heterocycles. The fourth-order valence-electron chi connectivity index (χ4n) is 3.44. The molecule has 0 radical (unpaired) electrons. The van der Waals surface area contributed by atoms with Gasteiger partial charge in [0.25, 0.3) is 0 Å². The maximum atomic E-state index is 3.75. The van der Waals surface area contributed by atoms with Crippen molar-refractivity contribution >= 4 is 12.4 Å². The minimum Gasteiger partial charge on any atom is -0.313 e. The summed E-state index contributed by atoms with van der Waals surface area (Å²) in [5.74, 6) is 1.80. The van der Waals surface area contributed by atoms with Gasteiger partial charge in [0.15, 0.2) is 0 Å². The number of hydrogen-bond acceptors (Lipinski definition) is 1. The Morgan fingerprint density at radius 1 is 1.00 bits per heavy atom. The van der Waals surface area contributed by atoms with Crippen LogP contribution in [0.2, 0.25) is 0 Å². The third kappa shape index (κ3) is 4.22. The van der Waals surface area contributed by atoms with Gasteiger partial charge in [-0.1, -0.05) is 62.4 Å². The van der Waals surface area contributed by atoms with Gasteiger partial charge in [0.05, 0.1) is 0 Å². The van der Waals surface area contributed by atoms with Crippen LogP contribution in [0.25, 0.3) is 0 Å². The van der Waals surface area contributed by atoms with Crippen molar-refractivity contribution in [3.63, 3.8) is 0 Å². The predicted molar refractivity (Wildman–Crippen MR) is 84.0 cm³/mol. The molecular formula is C17H26ClN. The van der Waals surface area contributed by atoms with E-state index in [2.05, 4.69) is 35.6 Å². The van der Waals surface area contributed by atoms with E-state index in [1.807, 2.05) is 0 Å². The number of rotatable bonds is 5. The van der Waals surface area contributed by atoms with E-state index in [0.29, 0.717) is 0 Å². The van der Waals surface area contributed by atoms with E-state index in [1.165, 1.54) is 57.1 Å². The summed E-state index contributed by atoms with van der Waals surface area (Å²) in [4.78, 5) is 0. The maximum absolute atomic E-state index is 3.75. The van der Waals surface area contributed by atoms with Crippen LogP contribution in [-0.2, 0) is 0 Å². The fourth-order valence-corrected chi connectivity index (χ4v) is 3.44. The largest absolute Gasteiger partial charge is 0.313 e. The van der Waals surface area contributed by atoms with Crippen LogP contribution in [0.5, 0.6) is 0 Å². The topological polar surface area (TPSA) is 12.0 Å². The standard InChI is InChI=1S/C17H25N.ClH/c1-3-7-14(8-4-1)11-12-18-17-13-16(17)15-9-5-2-6-10-15;/h2,5-6,9-10,14,16-18H,1,3-4,7-8,11-13H2;1H. The van der Waals surface area contributed by atoms with Crippen molar-refractivity contribution in [3.05, 3.63) is 35.9 Å². The maximum Gasteiger partial charge on any atom is 0.0143 e. The molecule has 2 fully saturated rings. The second-order valence-corrected chi connectivity index (χ2v) is 6.11. The van der Waals surface area contributed by atoms with Crippen molar-refractivity contribution in [2.45, 2.75) is 56.9 Å². The van der Waals surface area contributed by atoms with Crippen molar-refractivity contribution in [3.8, 4) is 0 Å². The van der Waals surface area contributed by atoms with E-state index in [1.54, 1.807) is 0 Å². The van der Waals surface area contributed by atoms with Crippen molar-refractivity contribution < 1.29 is 0 Å². The van der Waals surface area contributed by atoms with Gasteiger partial charge in [-0.3, -0.25) is 0 Å². The highest BCUT2D eigenvalue weighted by molar-refractivity contribution is 5.85. The molecule has 0 saturated heterocycles. The van der Waals surface area contributed by atoms with E-state index >= 15 is 0 Å². The van der Waals surface area contributed by atoms with Gasteiger partial charge >= 0.3 is 0 Å². The highest BCUT2D eigenvalue weighted by Gasteiger charge is 2.37. The van der Waals surface area contributed by atoms with Crippen LogP contribution in [0, 0.1) is 5.92 Å². The monoisotopic (exact) mass is 279 g/mol. The lowest BCUT2D eigenvalue weighted by atomic mass is 9.87. The predicted octanol–water partition coefficient (Wildman–Crippen LogP) is 4.52. The Morgan fingerprint density at radius 3 is 2.47 bits per heavy atom. The van der Waals surface area contributed by atoms with Crippen LogP contribution in [0.3, 0.4) is 0 Å². The van der Waals surface area contributed by atoms with E-state index in [0.717, 1.165) is 17.9 Å². The molecule has 1 aromatic carbocycles. The van der Waals surface area contributed by atoms with E-state index in [-0.39, 0.29) is 12.4 Å². The Balaban J connectivity index is 0.00000133. The average molecular weight is 280 g/mol. The first kappa shape index (κ1) is 14.9. The summed E-state index contributed by atoms with van der Waals surface area (Å²) >= 11 is 0. The number of benzene rings is 1. The van der Waals surface area contributed by atoms with Gasteiger partial charge in [0.1, 0.15) is 0 Å². The first-order valence-electron chi connectivity index (χ1n) is 7.72. The molecule has 1 nitrogen and oxygen atoms in total. The van der Waals surface area contributed by atoms with Crippen LogP contribution in [0.15, 0.2) is 30.3 Å².